The fraction of sp³-hybridized carbons (Fsp3) is 0.667. The van der Waals surface area contributed by atoms with Gasteiger partial charge in [-0.1, -0.05) is 6.07 Å². The second-order valence-corrected chi connectivity index (χ2v) is 9.15. The maximum absolute atomic E-state index is 12.7. The highest BCUT2D eigenvalue weighted by molar-refractivity contribution is 7.91. The van der Waals surface area contributed by atoms with E-state index in [1.54, 1.807) is 17.5 Å². The third-order valence-electron chi connectivity index (χ3n) is 4.50. The number of hydrogen-bond acceptors (Lipinski definition) is 6. The van der Waals surface area contributed by atoms with Gasteiger partial charge in [0, 0.05) is 45.8 Å². The summed E-state index contributed by atoms with van der Waals surface area (Å²) in [4.78, 5) is 14.8. The van der Waals surface area contributed by atoms with Crippen molar-refractivity contribution in [3.05, 3.63) is 17.5 Å². The summed E-state index contributed by atoms with van der Waals surface area (Å²) in [6.07, 6.45) is 1.31. The highest BCUT2D eigenvalue weighted by Gasteiger charge is 2.39. The molecule has 2 aliphatic rings. The molecule has 2 saturated heterocycles. The molecule has 3 heterocycles. The standard InChI is InChI=1S/C15H24N4O3S2.ClH/c20-15(17-7-11-18-9-5-16-6-10-18)13-3-1-8-19(13)24(21,22)14-4-2-12-23-14;/h2,4,12-13,16H,1,3,5-11H2,(H,17,20);1H. The van der Waals surface area contributed by atoms with Crippen LogP contribution in [0.15, 0.2) is 21.7 Å². The van der Waals surface area contributed by atoms with Crippen molar-refractivity contribution in [1.29, 1.82) is 0 Å². The molecule has 0 aliphatic carbocycles. The van der Waals surface area contributed by atoms with E-state index in [9.17, 15) is 13.2 Å². The molecule has 0 aromatic carbocycles. The number of piperazine rings is 1. The predicted molar refractivity (Wildman–Crippen MR) is 101 cm³/mol. The zero-order chi connectivity index (χ0) is 17.0. The smallest absolute Gasteiger partial charge is 0.253 e. The first-order valence-electron chi connectivity index (χ1n) is 8.35. The number of carbonyl (C=O) groups is 1. The van der Waals surface area contributed by atoms with E-state index in [4.69, 9.17) is 0 Å². The fourth-order valence-electron chi connectivity index (χ4n) is 3.21. The molecular weight excluding hydrogens is 384 g/mol. The lowest BCUT2D eigenvalue weighted by molar-refractivity contribution is -0.124. The largest absolute Gasteiger partial charge is 0.353 e. The minimum atomic E-state index is -3.56. The van der Waals surface area contributed by atoms with Crippen LogP contribution in [-0.2, 0) is 14.8 Å². The number of halogens is 1. The summed E-state index contributed by atoms with van der Waals surface area (Å²) in [5.74, 6) is -0.178. The van der Waals surface area contributed by atoms with Gasteiger partial charge in [-0.25, -0.2) is 8.42 Å². The second kappa shape index (κ2) is 9.29. The Kier molecular flexibility index (Phi) is 7.66. The minimum Gasteiger partial charge on any atom is -0.353 e. The molecule has 142 valence electrons. The lowest BCUT2D eigenvalue weighted by atomic mass is 10.2. The van der Waals surface area contributed by atoms with Crippen molar-refractivity contribution in [2.75, 3.05) is 45.8 Å². The Bertz CT molecular complexity index is 648. The van der Waals surface area contributed by atoms with E-state index in [1.807, 2.05) is 0 Å². The Morgan fingerprint density at radius 2 is 2.08 bits per heavy atom. The fourth-order valence-corrected chi connectivity index (χ4v) is 5.98. The molecule has 0 bridgehead atoms. The van der Waals surface area contributed by atoms with E-state index in [0.29, 0.717) is 23.7 Å². The molecule has 7 nitrogen and oxygen atoms in total. The maximum Gasteiger partial charge on any atom is 0.253 e. The monoisotopic (exact) mass is 408 g/mol. The number of rotatable bonds is 6. The van der Waals surface area contributed by atoms with Crippen LogP contribution in [0.4, 0.5) is 0 Å². The number of sulfonamides is 1. The van der Waals surface area contributed by atoms with Gasteiger partial charge in [0.15, 0.2) is 0 Å². The van der Waals surface area contributed by atoms with Gasteiger partial charge in [-0.2, -0.15) is 4.31 Å². The van der Waals surface area contributed by atoms with E-state index in [1.165, 1.54) is 15.6 Å². The molecule has 10 heteroatoms. The topological polar surface area (TPSA) is 81.8 Å². The summed E-state index contributed by atoms with van der Waals surface area (Å²) in [6, 6.07) is 2.73. The van der Waals surface area contributed by atoms with Gasteiger partial charge in [0.05, 0.1) is 0 Å². The summed E-state index contributed by atoms with van der Waals surface area (Å²) in [5, 5.41) is 7.95. The molecule has 0 radical (unpaired) electrons. The van der Waals surface area contributed by atoms with Gasteiger partial charge in [-0.3, -0.25) is 9.69 Å². The molecule has 1 atom stereocenters. The molecule has 1 amide bonds. The molecule has 0 saturated carbocycles. The third-order valence-corrected chi connectivity index (χ3v) is 7.78. The van der Waals surface area contributed by atoms with Gasteiger partial charge in [0.2, 0.25) is 5.91 Å². The molecule has 1 unspecified atom stereocenters. The lowest BCUT2D eigenvalue weighted by Crippen LogP contribution is -2.49. The molecule has 25 heavy (non-hydrogen) atoms. The van der Waals surface area contributed by atoms with Crippen LogP contribution in [0.5, 0.6) is 0 Å². The number of hydrogen-bond donors (Lipinski definition) is 2. The maximum atomic E-state index is 12.7. The van der Waals surface area contributed by atoms with Crippen LogP contribution < -0.4 is 10.6 Å². The van der Waals surface area contributed by atoms with Crippen molar-refractivity contribution in [2.24, 2.45) is 0 Å². The minimum absolute atomic E-state index is 0. The van der Waals surface area contributed by atoms with E-state index in [-0.39, 0.29) is 18.3 Å². The third kappa shape index (κ3) is 4.93. The van der Waals surface area contributed by atoms with Crippen LogP contribution in [0.1, 0.15) is 12.8 Å². The predicted octanol–water partition coefficient (Wildman–Crippen LogP) is 0.344. The molecule has 3 rings (SSSR count). The molecule has 1 aromatic rings. The van der Waals surface area contributed by atoms with Crippen LogP contribution in [-0.4, -0.2) is 75.4 Å². The molecule has 2 fully saturated rings. The molecule has 2 aliphatic heterocycles. The molecular formula is C15H25ClN4O3S2. The first-order valence-corrected chi connectivity index (χ1v) is 10.7. The van der Waals surface area contributed by atoms with Crippen LogP contribution >= 0.6 is 23.7 Å². The Labute approximate surface area is 159 Å². The quantitative estimate of drug-likeness (QED) is 0.709. The second-order valence-electron chi connectivity index (χ2n) is 6.09. The molecule has 2 N–H and O–H groups in total. The number of carbonyl (C=O) groups excluding carboxylic acids is 1. The van der Waals surface area contributed by atoms with E-state index in [0.717, 1.165) is 39.1 Å². The van der Waals surface area contributed by atoms with Gasteiger partial charge in [0.1, 0.15) is 10.3 Å². The number of nitrogens with one attached hydrogen (secondary N) is 2. The van der Waals surface area contributed by atoms with Crippen LogP contribution in [0.2, 0.25) is 0 Å². The average Bonchev–Trinajstić information content (AvgIpc) is 3.28. The Morgan fingerprint density at radius 1 is 1.32 bits per heavy atom. The Hall–Kier alpha value is -0.710. The summed E-state index contributed by atoms with van der Waals surface area (Å²) in [7, 11) is -3.56. The lowest BCUT2D eigenvalue weighted by Gasteiger charge is -2.28. The number of nitrogens with zero attached hydrogens (tertiary/aromatic N) is 2. The van der Waals surface area contributed by atoms with Crippen molar-refractivity contribution in [1.82, 2.24) is 19.8 Å². The van der Waals surface area contributed by atoms with Gasteiger partial charge >= 0.3 is 0 Å². The summed E-state index contributed by atoms with van der Waals surface area (Å²) < 4.78 is 27.0. The highest BCUT2D eigenvalue weighted by Crippen LogP contribution is 2.28. The van der Waals surface area contributed by atoms with Crippen LogP contribution in [0.25, 0.3) is 0 Å². The van der Waals surface area contributed by atoms with Gasteiger partial charge in [-0.05, 0) is 24.3 Å². The number of thiophene rings is 1. The Morgan fingerprint density at radius 3 is 2.76 bits per heavy atom. The van der Waals surface area contributed by atoms with Crippen LogP contribution in [0.3, 0.4) is 0 Å². The molecule has 1 aromatic heterocycles. The summed E-state index contributed by atoms with van der Waals surface area (Å²) in [6.45, 7) is 5.69. The molecule has 0 spiro atoms. The van der Waals surface area contributed by atoms with Crippen molar-refractivity contribution in [3.63, 3.8) is 0 Å². The average molecular weight is 409 g/mol. The first-order chi connectivity index (χ1) is 11.6. The first kappa shape index (κ1) is 20.6. The van der Waals surface area contributed by atoms with Crippen molar-refractivity contribution in [2.45, 2.75) is 23.1 Å². The van der Waals surface area contributed by atoms with Gasteiger partial charge < -0.3 is 10.6 Å². The normalized spacial score (nSPS) is 22.5. The van der Waals surface area contributed by atoms with E-state index >= 15 is 0 Å². The van der Waals surface area contributed by atoms with E-state index in [2.05, 4.69) is 15.5 Å². The zero-order valence-corrected chi connectivity index (χ0v) is 16.5. The van der Waals surface area contributed by atoms with Crippen molar-refractivity contribution in [3.8, 4) is 0 Å². The van der Waals surface area contributed by atoms with Crippen molar-refractivity contribution >= 4 is 39.7 Å². The summed E-state index contributed by atoms with van der Waals surface area (Å²) >= 11 is 1.19. The highest BCUT2D eigenvalue weighted by atomic mass is 35.5. The number of amides is 1. The van der Waals surface area contributed by atoms with E-state index < -0.39 is 16.1 Å². The van der Waals surface area contributed by atoms with Crippen LogP contribution in [0, 0.1) is 0 Å². The SMILES string of the molecule is Cl.O=C(NCCN1CCNCC1)C1CCCN1S(=O)(=O)c1cccs1. The summed E-state index contributed by atoms with van der Waals surface area (Å²) in [5.41, 5.74) is 0. The van der Waals surface area contributed by atoms with Crippen molar-refractivity contribution < 1.29 is 13.2 Å². The van der Waals surface area contributed by atoms with Gasteiger partial charge in [-0.15, -0.1) is 23.7 Å². The Balaban J connectivity index is 0.00000225. The van der Waals surface area contributed by atoms with Gasteiger partial charge in [0.25, 0.3) is 10.0 Å². The zero-order valence-electron chi connectivity index (χ0n) is 14.0.